The topological polar surface area (TPSA) is 32.8 Å². The highest BCUT2D eigenvalue weighted by atomic mass is 16.5. The van der Waals surface area contributed by atoms with Crippen LogP contribution in [0.1, 0.15) is 13.8 Å². The molecule has 1 rings (SSSR count). The molecule has 0 amide bonds. The van der Waals surface area contributed by atoms with Gasteiger partial charge in [0.15, 0.2) is 0 Å². The average molecular weight is 214 g/mol. The first-order chi connectivity index (χ1) is 7.13. The van der Waals surface area contributed by atoms with Crippen molar-refractivity contribution in [3.05, 3.63) is 0 Å². The van der Waals surface area contributed by atoms with Crippen molar-refractivity contribution in [2.45, 2.75) is 13.8 Å². The largest absolute Gasteiger partial charge is 0.466 e. The summed E-state index contributed by atoms with van der Waals surface area (Å²) in [4.78, 5) is 16.1. The van der Waals surface area contributed by atoms with Gasteiger partial charge < -0.3 is 9.64 Å². The van der Waals surface area contributed by atoms with E-state index in [1.807, 2.05) is 13.8 Å². The van der Waals surface area contributed by atoms with Gasteiger partial charge >= 0.3 is 5.97 Å². The van der Waals surface area contributed by atoms with Crippen LogP contribution in [0.25, 0.3) is 0 Å². The number of hydrogen-bond acceptors (Lipinski definition) is 4. The monoisotopic (exact) mass is 214 g/mol. The number of hydrogen-bond donors (Lipinski definition) is 0. The third-order valence-corrected chi connectivity index (χ3v) is 2.82. The maximum Gasteiger partial charge on any atom is 0.309 e. The van der Waals surface area contributed by atoms with Gasteiger partial charge in [-0.25, -0.2) is 0 Å². The summed E-state index contributed by atoms with van der Waals surface area (Å²) in [5.41, 5.74) is 0. The minimum Gasteiger partial charge on any atom is -0.466 e. The molecular weight excluding hydrogens is 192 g/mol. The van der Waals surface area contributed by atoms with E-state index in [9.17, 15) is 4.79 Å². The average Bonchev–Trinajstić information content (AvgIpc) is 2.22. The summed E-state index contributed by atoms with van der Waals surface area (Å²) in [6.45, 7) is 9.39. The van der Waals surface area contributed by atoms with Crippen LogP contribution >= 0.6 is 0 Å². The zero-order valence-corrected chi connectivity index (χ0v) is 10.0. The summed E-state index contributed by atoms with van der Waals surface area (Å²) >= 11 is 0. The molecule has 0 radical (unpaired) electrons. The fraction of sp³-hybridized carbons (Fsp3) is 0.909. The summed E-state index contributed by atoms with van der Waals surface area (Å²) in [6.07, 6.45) is 0. The molecule has 0 bridgehead atoms. The molecule has 1 heterocycles. The van der Waals surface area contributed by atoms with E-state index in [0.29, 0.717) is 6.61 Å². The second-order valence-corrected chi connectivity index (χ2v) is 4.26. The van der Waals surface area contributed by atoms with E-state index in [0.717, 1.165) is 32.7 Å². The molecule has 15 heavy (non-hydrogen) atoms. The Labute approximate surface area is 92.2 Å². The SMILES string of the molecule is CCOC(=O)C(C)CN1CCN(C)CC1. The molecule has 1 fully saturated rings. The molecule has 0 aromatic carbocycles. The predicted octanol–water partition coefficient (Wildman–Crippen LogP) is 0.433. The highest BCUT2D eigenvalue weighted by Gasteiger charge is 2.20. The number of piperazine rings is 1. The molecular formula is C11H22N2O2. The Hall–Kier alpha value is -0.610. The highest BCUT2D eigenvalue weighted by Crippen LogP contribution is 2.06. The summed E-state index contributed by atoms with van der Waals surface area (Å²) in [5.74, 6) is -0.0789. The van der Waals surface area contributed by atoms with E-state index in [1.165, 1.54) is 0 Å². The van der Waals surface area contributed by atoms with Crippen molar-refractivity contribution in [2.24, 2.45) is 5.92 Å². The van der Waals surface area contributed by atoms with Gasteiger partial charge in [-0.1, -0.05) is 6.92 Å². The number of carbonyl (C=O) groups is 1. The van der Waals surface area contributed by atoms with Crippen LogP contribution in [0.5, 0.6) is 0 Å². The number of ether oxygens (including phenoxy) is 1. The van der Waals surface area contributed by atoms with Crippen LogP contribution in [0.15, 0.2) is 0 Å². The van der Waals surface area contributed by atoms with E-state index in [1.54, 1.807) is 0 Å². The lowest BCUT2D eigenvalue weighted by molar-refractivity contribution is -0.148. The van der Waals surface area contributed by atoms with Crippen LogP contribution < -0.4 is 0 Å². The second kappa shape index (κ2) is 6.08. The van der Waals surface area contributed by atoms with Gasteiger partial charge in [0.1, 0.15) is 0 Å². The smallest absolute Gasteiger partial charge is 0.309 e. The van der Waals surface area contributed by atoms with Gasteiger partial charge in [0.25, 0.3) is 0 Å². The molecule has 4 heteroatoms. The van der Waals surface area contributed by atoms with Crippen molar-refractivity contribution in [1.82, 2.24) is 9.80 Å². The van der Waals surface area contributed by atoms with Crippen molar-refractivity contribution in [1.29, 1.82) is 0 Å². The van der Waals surface area contributed by atoms with Crippen molar-refractivity contribution in [3.63, 3.8) is 0 Å². The second-order valence-electron chi connectivity index (χ2n) is 4.26. The van der Waals surface area contributed by atoms with Crippen molar-refractivity contribution >= 4 is 5.97 Å². The Morgan fingerprint density at radius 2 is 1.93 bits per heavy atom. The molecule has 0 saturated carbocycles. The van der Waals surface area contributed by atoms with Crippen LogP contribution in [0.2, 0.25) is 0 Å². The molecule has 0 aromatic heterocycles. The molecule has 1 unspecified atom stereocenters. The first-order valence-electron chi connectivity index (χ1n) is 5.71. The molecule has 0 aliphatic carbocycles. The standard InChI is InChI=1S/C11H22N2O2/c1-4-15-11(14)10(2)9-13-7-5-12(3)6-8-13/h10H,4-9H2,1-3H3. The van der Waals surface area contributed by atoms with Crippen molar-refractivity contribution < 1.29 is 9.53 Å². The number of likely N-dealkylation sites (N-methyl/N-ethyl adjacent to an activating group) is 1. The third kappa shape index (κ3) is 4.18. The molecule has 1 aliphatic rings. The lowest BCUT2D eigenvalue weighted by Gasteiger charge is -2.33. The fourth-order valence-electron chi connectivity index (χ4n) is 1.78. The van der Waals surface area contributed by atoms with E-state index in [4.69, 9.17) is 4.74 Å². The Bertz CT molecular complexity index is 201. The fourth-order valence-corrected chi connectivity index (χ4v) is 1.78. The van der Waals surface area contributed by atoms with E-state index in [-0.39, 0.29) is 11.9 Å². The van der Waals surface area contributed by atoms with Gasteiger partial charge in [-0.15, -0.1) is 0 Å². The Morgan fingerprint density at radius 3 is 2.47 bits per heavy atom. The van der Waals surface area contributed by atoms with E-state index >= 15 is 0 Å². The normalized spacial score (nSPS) is 21.3. The Morgan fingerprint density at radius 1 is 1.33 bits per heavy atom. The number of carbonyl (C=O) groups excluding carboxylic acids is 1. The van der Waals surface area contributed by atoms with Gasteiger partial charge in [0.05, 0.1) is 12.5 Å². The molecule has 4 nitrogen and oxygen atoms in total. The molecule has 0 spiro atoms. The maximum atomic E-state index is 11.4. The third-order valence-electron chi connectivity index (χ3n) is 2.82. The van der Waals surface area contributed by atoms with Crippen LogP contribution in [0.4, 0.5) is 0 Å². The van der Waals surface area contributed by atoms with Crippen molar-refractivity contribution in [3.8, 4) is 0 Å². The predicted molar refractivity (Wildman–Crippen MR) is 59.7 cm³/mol. The quantitative estimate of drug-likeness (QED) is 0.636. The molecule has 1 saturated heterocycles. The first-order valence-corrected chi connectivity index (χ1v) is 5.71. The van der Waals surface area contributed by atoms with Crippen molar-refractivity contribution in [2.75, 3.05) is 46.4 Å². The molecule has 88 valence electrons. The van der Waals surface area contributed by atoms with E-state index in [2.05, 4.69) is 16.8 Å². The van der Waals surface area contributed by atoms with Gasteiger partial charge in [0.2, 0.25) is 0 Å². The molecule has 1 aliphatic heterocycles. The number of esters is 1. The highest BCUT2D eigenvalue weighted by molar-refractivity contribution is 5.72. The molecule has 0 N–H and O–H groups in total. The summed E-state index contributed by atoms with van der Waals surface area (Å²) in [5, 5.41) is 0. The summed E-state index contributed by atoms with van der Waals surface area (Å²) in [7, 11) is 2.13. The van der Waals surface area contributed by atoms with Gasteiger partial charge in [-0.05, 0) is 14.0 Å². The van der Waals surface area contributed by atoms with Gasteiger partial charge in [0, 0.05) is 32.7 Å². The van der Waals surface area contributed by atoms with Crippen LogP contribution in [0.3, 0.4) is 0 Å². The van der Waals surface area contributed by atoms with Crippen LogP contribution in [0, 0.1) is 5.92 Å². The van der Waals surface area contributed by atoms with E-state index < -0.39 is 0 Å². The number of nitrogens with zero attached hydrogens (tertiary/aromatic N) is 2. The van der Waals surface area contributed by atoms with Crippen LogP contribution in [-0.4, -0.2) is 62.1 Å². The maximum absolute atomic E-state index is 11.4. The Kier molecular flexibility index (Phi) is 5.05. The van der Waals surface area contributed by atoms with Crippen LogP contribution in [-0.2, 0) is 9.53 Å². The van der Waals surface area contributed by atoms with Gasteiger partial charge in [-0.2, -0.15) is 0 Å². The zero-order chi connectivity index (χ0) is 11.3. The minimum absolute atomic E-state index is 0.00615. The first kappa shape index (κ1) is 12.5. The molecule has 0 aromatic rings. The lowest BCUT2D eigenvalue weighted by atomic mass is 10.1. The van der Waals surface area contributed by atoms with Gasteiger partial charge in [-0.3, -0.25) is 9.69 Å². The Balaban J connectivity index is 2.25. The summed E-state index contributed by atoms with van der Waals surface area (Å²) < 4.78 is 4.99. The molecule has 1 atom stereocenters. The summed E-state index contributed by atoms with van der Waals surface area (Å²) in [6, 6.07) is 0. The zero-order valence-electron chi connectivity index (χ0n) is 10.0. The minimum atomic E-state index is -0.0728. The number of rotatable bonds is 4. The lowest BCUT2D eigenvalue weighted by Crippen LogP contribution is -2.46.